The number of hydrogen-bond donors (Lipinski definition) is 1. The SMILES string of the molecule is CCCC(C)n1nc(CC)c(C(C)O)c1CC. The summed E-state index contributed by atoms with van der Waals surface area (Å²) in [5.74, 6) is 0. The van der Waals surface area contributed by atoms with E-state index in [0.29, 0.717) is 6.04 Å². The Morgan fingerprint density at radius 1 is 1.18 bits per heavy atom. The average Bonchev–Trinajstić information content (AvgIpc) is 2.67. The van der Waals surface area contributed by atoms with Crippen molar-refractivity contribution in [2.75, 3.05) is 0 Å². The average molecular weight is 238 g/mol. The van der Waals surface area contributed by atoms with Gasteiger partial charge in [0.2, 0.25) is 0 Å². The third kappa shape index (κ3) is 2.89. The van der Waals surface area contributed by atoms with Crippen molar-refractivity contribution in [1.82, 2.24) is 9.78 Å². The Hall–Kier alpha value is -0.830. The van der Waals surface area contributed by atoms with Gasteiger partial charge in [0, 0.05) is 17.3 Å². The summed E-state index contributed by atoms with van der Waals surface area (Å²) in [4.78, 5) is 0. The van der Waals surface area contributed by atoms with Gasteiger partial charge in [-0.15, -0.1) is 0 Å². The van der Waals surface area contributed by atoms with Gasteiger partial charge in [-0.25, -0.2) is 0 Å². The molecule has 0 bridgehead atoms. The van der Waals surface area contributed by atoms with Gasteiger partial charge in [-0.05, 0) is 33.1 Å². The van der Waals surface area contributed by atoms with Gasteiger partial charge in [-0.3, -0.25) is 4.68 Å². The van der Waals surface area contributed by atoms with Gasteiger partial charge < -0.3 is 5.11 Å². The first kappa shape index (κ1) is 14.2. The maximum Gasteiger partial charge on any atom is 0.0798 e. The van der Waals surface area contributed by atoms with Crippen LogP contribution in [0.15, 0.2) is 0 Å². The summed E-state index contributed by atoms with van der Waals surface area (Å²) < 4.78 is 2.13. The molecule has 1 N–H and O–H groups in total. The molecule has 2 atom stereocenters. The lowest BCUT2D eigenvalue weighted by Gasteiger charge is -2.15. The van der Waals surface area contributed by atoms with Crippen LogP contribution in [0.1, 0.15) is 76.6 Å². The molecule has 0 saturated carbocycles. The summed E-state index contributed by atoms with van der Waals surface area (Å²) in [5, 5.41) is 14.6. The van der Waals surface area contributed by atoms with Crippen LogP contribution in [-0.4, -0.2) is 14.9 Å². The molecule has 1 aromatic heterocycles. The maximum atomic E-state index is 9.92. The van der Waals surface area contributed by atoms with Crippen molar-refractivity contribution in [3.8, 4) is 0 Å². The quantitative estimate of drug-likeness (QED) is 0.824. The van der Waals surface area contributed by atoms with Crippen molar-refractivity contribution in [2.45, 2.75) is 72.4 Å². The fourth-order valence-corrected chi connectivity index (χ4v) is 2.53. The summed E-state index contributed by atoms with van der Waals surface area (Å²) in [6, 6.07) is 0.424. The summed E-state index contributed by atoms with van der Waals surface area (Å²) in [6.45, 7) is 10.5. The van der Waals surface area contributed by atoms with E-state index in [0.717, 1.165) is 36.9 Å². The van der Waals surface area contributed by atoms with Crippen molar-refractivity contribution in [3.63, 3.8) is 0 Å². The molecular weight excluding hydrogens is 212 g/mol. The highest BCUT2D eigenvalue weighted by molar-refractivity contribution is 5.29. The van der Waals surface area contributed by atoms with E-state index < -0.39 is 6.10 Å². The van der Waals surface area contributed by atoms with Gasteiger partial charge in [0.05, 0.1) is 11.8 Å². The van der Waals surface area contributed by atoms with Crippen LogP contribution in [0.4, 0.5) is 0 Å². The predicted octanol–water partition coefficient (Wildman–Crippen LogP) is 3.42. The molecule has 1 aromatic rings. The number of aliphatic hydroxyl groups is 1. The Morgan fingerprint density at radius 3 is 2.24 bits per heavy atom. The molecule has 98 valence electrons. The molecule has 3 nitrogen and oxygen atoms in total. The minimum absolute atomic E-state index is 0.414. The van der Waals surface area contributed by atoms with E-state index in [1.165, 1.54) is 5.69 Å². The number of aromatic nitrogens is 2. The normalized spacial score (nSPS) is 14.9. The van der Waals surface area contributed by atoms with Crippen molar-refractivity contribution in [3.05, 3.63) is 17.0 Å². The smallest absolute Gasteiger partial charge is 0.0798 e. The van der Waals surface area contributed by atoms with Gasteiger partial charge >= 0.3 is 0 Å². The molecule has 17 heavy (non-hydrogen) atoms. The molecule has 0 spiro atoms. The highest BCUT2D eigenvalue weighted by atomic mass is 16.3. The number of aryl methyl sites for hydroxylation is 1. The Morgan fingerprint density at radius 2 is 1.82 bits per heavy atom. The van der Waals surface area contributed by atoms with Crippen LogP contribution >= 0.6 is 0 Å². The molecule has 0 radical (unpaired) electrons. The molecular formula is C14H26N2O. The van der Waals surface area contributed by atoms with E-state index in [4.69, 9.17) is 5.10 Å². The van der Waals surface area contributed by atoms with E-state index in [2.05, 4.69) is 32.4 Å². The Labute approximate surface area is 105 Å². The molecule has 2 unspecified atom stereocenters. The second-order valence-electron chi connectivity index (χ2n) is 4.77. The third-order valence-corrected chi connectivity index (χ3v) is 3.34. The highest BCUT2D eigenvalue weighted by Gasteiger charge is 2.21. The molecule has 0 saturated heterocycles. The number of nitrogens with zero attached hydrogens (tertiary/aromatic N) is 2. The maximum absolute atomic E-state index is 9.92. The molecule has 0 aliphatic carbocycles. The van der Waals surface area contributed by atoms with Crippen molar-refractivity contribution >= 4 is 0 Å². The van der Waals surface area contributed by atoms with Gasteiger partial charge in [0.15, 0.2) is 0 Å². The third-order valence-electron chi connectivity index (χ3n) is 3.34. The molecule has 1 heterocycles. The van der Waals surface area contributed by atoms with E-state index in [9.17, 15) is 5.11 Å². The topological polar surface area (TPSA) is 38.0 Å². The summed E-state index contributed by atoms with van der Waals surface area (Å²) in [5.41, 5.74) is 3.32. The van der Waals surface area contributed by atoms with Crippen LogP contribution < -0.4 is 0 Å². The van der Waals surface area contributed by atoms with E-state index in [1.54, 1.807) is 0 Å². The van der Waals surface area contributed by atoms with Gasteiger partial charge in [-0.1, -0.05) is 27.2 Å². The fourth-order valence-electron chi connectivity index (χ4n) is 2.53. The second-order valence-corrected chi connectivity index (χ2v) is 4.77. The van der Waals surface area contributed by atoms with Crippen LogP contribution in [0.25, 0.3) is 0 Å². The number of rotatable bonds is 6. The second kappa shape index (κ2) is 6.20. The Bertz CT molecular complexity index is 355. The first-order valence-electron chi connectivity index (χ1n) is 6.84. The largest absolute Gasteiger partial charge is 0.389 e. The van der Waals surface area contributed by atoms with Crippen molar-refractivity contribution < 1.29 is 5.11 Å². The van der Waals surface area contributed by atoms with E-state index in [1.807, 2.05) is 6.92 Å². The standard InChI is InChI=1S/C14H26N2O/c1-6-9-10(4)16-13(8-3)14(11(5)17)12(7-2)15-16/h10-11,17H,6-9H2,1-5H3. The molecule has 0 aliphatic heterocycles. The van der Waals surface area contributed by atoms with Crippen LogP contribution in [0.3, 0.4) is 0 Å². The first-order chi connectivity index (χ1) is 8.06. The Kier molecular flexibility index (Phi) is 5.19. The zero-order valence-electron chi connectivity index (χ0n) is 11.8. The fraction of sp³-hybridized carbons (Fsp3) is 0.786. The molecule has 0 aliphatic rings. The lowest BCUT2D eigenvalue weighted by molar-refractivity contribution is 0.197. The molecule has 1 rings (SSSR count). The van der Waals surface area contributed by atoms with Crippen LogP contribution in [0, 0.1) is 0 Å². The Balaban J connectivity index is 3.22. The highest BCUT2D eigenvalue weighted by Crippen LogP contribution is 2.27. The van der Waals surface area contributed by atoms with E-state index >= 15 is 0 Å². The van der Waals surface area contributed by atoms with Crippen LogP contribution in [0.5, 0.6) is 0 Å². The zero-order chi connectivity index (χ0) is 13.0. The van der Waals surface area contributed by atoms with Crippen LogP contribution in [-0.2, 0) is 12.8 Å². The number of hydrogen-bond acceptors (Lipinski definition) is 2. The first-order valence-corrected chi connectivity index (χ1v) is 6.84. The lowest BCUT2D eigenvalue weighted by atomic mass is 10.0. The predicted molar refractivity (Wildman–Crippen MR) is 71.2 cm³/mol. The molecule has 0 fully saturated rings. The zero-order valence-corrected chi connectivity index (χ0v) is 11.8. The minimum atomic E-state index is -0.414. The van der Waals surface area contributed by atoms with Gasteiger partial charge in [-0.2, -0.15) is 5.10 Å². The van der Waals surface area contributed by atoms with E-state index in [-0.39, 0.29) is 0 Å². The van der Waals surface area contributed by atoms with Crippen molar-refractivity contribution in [2.24, 2.45) is 0 Å². The lowest BCUT2D eigenvalue weighted by Crippen LogP contribution is -2.11. The summed E-state index contributed by atoms with van der Waals surface area (Å²) in [7, 11) is 0. The van der Waals surface area contributed by atoms with Gasteiger partial charge in [0.25, 0.3) is 0 Å². The molecule has 0 amide bonds. The van der Waals surface area contributed by atoms with Gasteiger partial charge in [0.1, 0.15) is 0 Å². The summed E-state index contributed by atoms with van der Waals surface area (Å²) >= 11 is 0. The van der Waals surface area contributed by atoms with Crippen LogP contribution in [0.2, 0.25) is 0 Å². The monoisotopic (exact) mass is 238 g/mol. The summed E-state index contributed by atoms with van der Waals surface area (Å²) in [6.07, 6.45) is 3.70. The minimum Gasteiger partial charge on any atom is -0.389 e. The van der Waals surface area contributed by atoms with Crippen molar-refractivity contribution in [1.29, 1.82) is 0 Å². The number of aliphatic hydroxyl groups excluding tert-OH is 1. The molecule has 3 heteroatoms. The molecule has 0 aromatic carbocycles.